The van der Waals surface area contributed by atoms with Gasteiger partial charge in [0.2, 0.25) is 5.13 Å². The number of likely N-dealkylation sites (tertiary alicyclic amines) is 1. The van der Waals surface area contributed by atoms with Crippen molar-refractivity contribution in [2.75, 3.05) is 19.0 Å². The topological polar surface area (TPSA) is 67.3 Å². The van der Waals surface area contributed by atoms with E-state index in [9.17, 15) is 4.79 Å². The summed E-state index contributed by atoms with van der Waals surface area (Å²) in [5.74, 6) is 1.39. The first-order valence-electron chi connectivity index (χ1n) is 8.29. The number of amides is 2. The number of ether oxygens (including phenoxy) is 1. The van der Waals surface area contributed by atoms with Crippen molar-refractivity contribution in [3.05, 3.63) is 34.8 Å². The van der Waals surface area contributed by atoms with Gasteiger partial charge in [-0.05, 0) is 43.4 Å². The molecule has 1 aromatic carbocycles. The maximum Gasteiger partial charge on any atom is 0.324 e. The molecule has 4 rings (SSSR count). The zero-order valence-electron chi connectivity index (χ0n) is 13.6. The lowest BCUT2D eigenvalue weighted by Gasteiger charge is -2.24. The van der Waals surface area contributed by atoms with Gasteiger partial charge in [-0.2, -0.15) is 0 Å². The third kappa shape index (κ3) is 3.08. The Labute approximate surface area is 144 Å². The number of benzene rings is 1. The fourth-order valence-corrected chi connectivity index (χ4v) is 4.03. The highest BCUT2D eigenvalue weighted by molar-refractivity contribution is 7.15. The van der Waals surface area contributed by atoms with Crippen LogP contribution in [0, 0.1) is 0 Å². The highest BCUT2D eigenvalue weighted by atomic mass is 32.1. The van der Waals surface area contributed by atoms with Gasteiger partial charge in [-0.15, -0.1) is 10.2 Å². The van der Waals surface area contributed by atoms with E-state index < -0.39 is 0 Å². The molecule has 1 saturated heterocycles. The monoisotopic (exact) mass is 344 g/mol. The lowest BCUT2D eigenvalue weighted by Crippen LogP contribution is -2.34. The summed E-state index contributed by atoms with van der Waals surface area (Å²) in [6.45, 7) is 0.761. The summed E-state index contributed by atoms with van der Waals surface area (Å²) in [6, 6.07) is 7.96. The molecule has 2 amide bonds. The van der Waals surface area contributed by atoms with Crippen LogP contribution < -0.4 is 10.1 Å². The predicted octanol–water partition coefficient (Wildman–Crippen LogP) is 3.79. The summed E-state index contributed by atoms with van der Waals surface area (Å²) in [5.41, 5.74) is 1.14. The molecule has 7 heteroatoms. The van der Waals surface area contributed by atoms with Crippen LogP contribution >= 0.6 is 11.3 Å². The molecule has 1 saturated carbocycles. The van der Waals surface area contributed by atoms with Gasteiger partial charge >= 0.3 is 6.03 Å². The van der Waals surface area contributed by atoms with Crippen molar-refractivity contribution in [1.82, 2.24) is 15.1 Å². The summed E-state index contributed by atoms with van der Waals surface area (Å²) in [6.07, 6.45) is 4.36. The molecule has 0 radical (unpaired) electrons. The largest absolute Gasteiger partial charge is 0.497 e. The molecule has 0 unspecified atom stereocenters. The van der Waals surface area contributed by atoms with E-state index in [-0.39, 0.29) is 12.1 Å². The van der Waals surface area contributed by atoms with Crippen molar-refractivity contribution >= 4 is 22.5 Å². The Morgan fingerprint density at radius 2 is 2.04 bits per heavy atom. The van der Waals surface area contributed by atoms with E-state index in [1.807, 2.05) is 29.2 Å². The standard InChI is InChI=1S/C17H20N4O2S/c1-23-13-8-6-11(7-9-13)14-3-2-10-21(14)17(22)18-16-20-19-15(24-16)12-4-5-12/h6-9,12,14H,2-5,10H2,1H3,(H,18,20,22)/t14-/m0/s1. The maximum absolute atomic E-state index is 12.6. The quantitative estimate of drug-likeness (QED) is 0.916. The zero-order valence-corrected chi connectivity index (χ0v) is 14.4. The van der Waals surface area contributed by atoms with Crippen LogP contribution in [0.1, 0.15) is 48.2 Å². The molecule has 24 heavy (non-hydrogen) atoms. The van der Waals surface area contributed by atoms with Crippen LogP contribution in [0.2, 0.25) is 0 Å². The SMILES string of the molecule is COc1ccc([C@@H]2CCCN2C(=O)Nc2nnc(C3CC3)s2)cc1. The van der Waals surface area contributed by atoms with Crippen molar-refractivity contribution in [1.29, 1.82) is 0 Å². The lowest BCUT2D eigenvalue weighted by molar-refractivity contribution is 0.207. The van der Waals surface area contributed by atoms with E-state index in [2.05, 4.69) is 15.5 Å². The van der Waals surface area contributed by atoms with Gasteiger partial charge in [0.25, 0.3) is 0 Å². The van der Waals surface area contributed by atoms with Gasteiger partial charge < -0.3 is 9.64 Å². The first kappa shape index (κ1) is 15.4. The Kier molecular flexibility index (Phi) is 4.10. The van der Waals surface area contributed by atoms with Gasteiger partial charge in [-0.3, -0.25) is 5.32 Å². The molecular weight excluding hydrogens is 324 g/mol. The lowest BCUT2D eigenvalue weighted by atomic mass is 10.0. The Bertz CT molecular complexity index is 726. The molecule has 1 aliphatic heterocycles. The molecule has 0 bridgehead atoms. The molecule has 0 spiro atoms. The maximum atomic E-state index is 12.6. The molecule has 2 aromatic rings. The third-order valence-corrected chi connectivity index (χ3v) is 5.60. The number of hydrogen-bond donors (Lipinski definition) is 1. The van der Waals surface area contributed by atoms with Crippen LogP contribution in [0.5, 0.6) is 5.75 Å². The van der Waals surface area contributed by atoms with Crippen molar-refractivity contribution in [2.45, 2.75) is 37.6 Å². The summed E-state index contributed by atoms with van der Waals surface area (Å²) in [4.78, 5) is 14.5. The normalized spacial score (nSPS) is 20.2. The Morgan fingerprint density at radius 3 is 2.75 bits per heavy atom. The van der Waals surface area contributed by atoms with Crippen molar-refractivity contribution in [3.8, 4) is 5.75 Å². The predicted molar refractivity (Wildman–Crippen MR) is 92.6 cm³/mol. The van der Waals surface area contributed by atoms with E-state index in [1.54, 1.807) is 7.11 Å². The highest BCUT2D eigenvalue weighted by Gasteiger charge is 2.31. The second-order valence-corrected chi connectivity index (χ2v) is 7.28. The Balaban J connectivity index is 1.45. The van der Waals surface area contributed by atoms with Gasteiger partial charge in [0.05, 0.1) is 13.2 Å². The second-order valence-electron chi connectivity index (χ2n) is 6.27. The number of aromatic nitrogens is 2. The van der Waals surface area contributed by atoms with Crippen LogP contribution in [-0.4, -0.2) is 34.8 Å². The van der Waals surface area contributed by atoms with E-state index in [0.717, 1.165) is 35.7 Å². The third-order valence-electron chi connectivity index (χ3n) is 4.60. The first-order valence-corrected chi connectivity index (χ1v) is 9.11. The molecule has 1 N–H and O–H groups in total. The number of carbonyl (C=O) groups excluding carboxylic acids is 1. The molecule has 1 atom stereocenters. The van der Waals surface area contributed by atoms with Gasteiger partial charge in [0, 0.05) is 12.5 Å². The highest BCUT2D eigenvalue weighted by Crippen LogP contribution is 2.42. The summed E-state index contributed by atoms with van der Waals surface area (Å²) < 4.78 is 5.21. The number of carbonyl (C=O) groups is 1. The van der Waals surface area contributed by atoms with E-state index in [0.29, 0.717) is 11.0 Å². The van der Waals surface area contributed by atoms with Crippen LogP contribution in [-0.2, 0) is 0 Å². The Hall–Kier alpha value is -2.15. The fraction of sp³-hybridized carbons (Fsp3) is 0.471. The fourth-order valence-electron chi connectivity index (χ4n) is 3.13. The van der Waals surface area contributed by atoms with Gasteiger partial charge in [-0.1, -0.05) is 23.5 Å². The zero-order chi connectivity index (χ0) is 16.5. The number of nitrogens with one attached hydrogen (secondary N) is 1. The number of rotatable bonds is 4. The molecule has 1 aromatic heterocycles. The summed E-state index contributed by atoms with van der Waals surface area (Å²) in [5, 5.41) is 12.8. The molecule has 2 heterocycles. The summed E-state index contributed by atoms with van der Waals surface area (Å²) >= 11 is 1.50. The molecule has 6 nitrogen and oxygen atoms in total. The number of methoxy groups -OCH3 is 1. The Morgan fingerprint density at radius 1 is 1.25 bits per heavy atom. The summed E-state index contributed by atoms with van der Waals surface area (Å²) in [7, 11) is 1.66. The van der Waals surface area contributed by atoms with Crippen LogP contribution in [0.25, 0.3) is 0 Å². The average molecular weight is 344 g/mol. The van der Waals surface area contributed by atoms with Gasteiger partial charge in [0.15, 0.2) is 0 Å². The minimum atomic E-state index is -0.0909. The minimum absolute atomic E-state index is 0.0909. The number of urea groups is 1. The number of anilines is 1. The molecule has 126 valence electrons. The van der Waals surface area contributed by atoms with Crippen molar-refractivity contribution in [3.63, 3.8) is 0 Å². The van der Waals surface area contributed by atoms with Crippen LogP contribution in [0.3, 0.4) is 0 Å². The minimum Gasteiger partial charge on any atom is -0.497 e. The average Bonchev–Trinajstić information content (AvgIpc) is 3.16. The van der Waals surface area contributed by atoms with Crippen LogP contribution in [0.15, 0.2) is 24.3 Å². The van der Waals surface area contributed by atoms with Gasteiger partial charge in [-0.25, -0.2) is 4.79 Å². The number of nitrogens with zero attached hydrogens (tertiary/aromatic N) is 3. The smallest absolute Gasteiger partial charge is 0.324 e. The number of hydrogen-bond acceptors (Lipinski definition) is 5. The van der Waals surface area contributed by atoms with E-state index >= 15 is 0 Å². The van der Waals surface area contributed by atoms with E-state index in [1.165, 1.54) is 24.2 Å². The second kappa shape index (κ2) is 6.39. The molecule has 2 fully saturated rings. The van der Waals surface area contributed by atoms with Gasteiger partial charge in [0.1, 0.15) is 10.8 Å². The molecular formula is C17H20N4O2S. The molecule has 1 aliphatic carbocycles. The van der Waals surface area contributed by atoms with Crippen molar-refractivity contribution in [2.24, 2.45) is 0 Å². The molecule has 2 aliphatic rings. The first-order chi connectivity index (χ1) is 11.7. The van der Waals surface area contributed by atoms with Crippen molar-refractivity contribution < 1.29 is 9.53 Å². The van der Waals surface area contributed by atoms with Crippen LogP contribution in [0.4, 0.5) is 9.93 Å². The van der Waals surface area contributed by atoms with E-state index in [4.69, 9.17) is 4.74 Å².